The zero-order chi connectivity index (χ0) is 33.8. The van der Waals surface area contributed by atoms with E-state index < -0.39 is 24.1 Å². The fourth-order valence-corrected chi connectivity index (χ4v) is 7.71. The Morgan fingerprint density at radius 2 is 1.73 bits per heavy atom. The molecule has 2 aromatic heterocycles. The number of para-hydroxylation sites is 1. The van der Waals surface area contributed by atoms with E-state index in [2.05, 4.69) is 24.5 Å². The number of aromatic nitrogens is 2. The van der Waals surface area contributed by atoms with Crippen molar-refractivity contribution >= 4 is 22.4 Å². The largest absolute Gasteiger partial charge is 0.573 e. The number of anilines is 1. The summed E-state index contributed by atoms with van der Waals surface area (Å²) in [6, 6.07) is 9.20. The van der Waals surface area contributed by atoms with Crippen molar-refractivity contribution < 1.29 is 49.9 Å². The van der Waals surface area contributed by atoms with Gasteiger partial charge < -0.3 is 23.6 Å². The van der Waals surface area contributed by atoms with E-state index in [0.29, 0.717) is 29.3 Å². The smallest absolute Gasteiger partial charge is 0.465 e. The molecule has 2 saturated heterocycles. The van der Waals surface area contributed by atoms with Gasteiger partial charge in [0.1, 0.15) is 17.2 Å². The summed E-state index contributed by atoms with van der Waals surface area (Å²) in [7, 11) is 1.10. The summed E-state index contributed by atoms with van der Waals surface area (Å²) in [6.45, 7) is 0.0955. The lowest BCUT2D eigenvalue weighted by Gasteiger charge is -2.38. The van der Waals surface area contributed by atoms with E-state index in [9.17, 15) is 31.1 Å². The van der Waals surface area contributed by atoms with Crippen LogP contribution in [0.4, 0.5) is 31.5 Å². The predicted octanol–water partition coefficient (Wildman–Crippen LogP) is 8.76. The van der Waals surface area contributed by atoms with E-state index in [0.717, 1.165) is 38.9 Å². The Labute approximate surface area is 274 Å². The highest BCUT2D eigenvalue weighted by Gasteiger charge is 2.44. The molecule has 254 valence electrons. The third kappa shape index (κ3) is 6.49. The number of benzene rings is 2. The average Bonchev–Trinajstić information content (AvgIpc) is 3.51. The maximum atomic E-state index is 14.0. The first kappa shape index (κ1) is 32.4. The summed E-state index contributed by atoms with van der Waals surface area (Å²) >= 11 is 1.26. The Morgan fingerprint density at radius 1 is 1.00 bits per heavy atom. The van der Waals surface area contributed by atoms with Crippen LogP contribution in [0.15, 0.2) is 52.4 Å². The van der Waals surface area contributed by atoms with Gasteiger partial charge in [0.15, 0.2) is 5.13 Å². The molecule has 4 heterocycles. The number of halogens is 6. The van der Waals surface area contributed by atoms with Gasteiger partial charge in [-0.3, -0.25) is 0 Å². The second kappa shape index (κ2) is 12.4. The van der Waals surface area contributed by atoms with Crippen LogP contribution >= 0.6 is 11.3 Å². The van der Waals surface area contributed by atoms with Gasteiger partial charge in [-0.1, -0.05) is 23.4 Å². The van der Waals surface area contributed by atoms with Crippen LogP contribution in [0.2, 0.25) is 0 Å². The molecule has 4 aromatic rings. The number of esters is 1. The van der Waals surface area contributed by atoms with Crippen LogP contribution in [0, 0.1) is 0 Å². The molecule has 2 aliphatic heterocycles. The lowest BCUT2D eigenvalue weighted by atomic mass is 9.99. The van der Waals surface area contributed by atoms with Crippen molar-refractivity contribution in [2.45, 2.75) is 81.8 Å². The SMILES string of the molecule is COC(=O)c1ccc(-c2csc(N3[C@@H]4CC[C@H]3CC(OCc3c(-c5ccccc5OC(F)(F)F)noc3C3CC3)C4)n2)c(C(F)(F)F)c1. The van der Waals surface area contributed by atoms with Gasteiger partial charge in [-0.15, -0.1) is 24.5 Å². The van der Waals surface area contributed by atoms with Gasteiger partial charge >= 0.3 is 18.5 Å². The number of piperidine rings is 1. The van der Waals surface area contributed by atoms with Gasteiger partial charge in [0.2, 0.25) is 0 Å². The lowest BCUT2D eigenvalue weighted by molar-refractivity contribution is -0.274. The van der Waals surface area contributed by atoms with Gasteiger partial charge in [-0.2, -0.15) is 13.2 Å². The highest BCUT2D eigenvalue weighted by molar-refractivity contribution is 7.14. The van der Waals surface area contributed by atoms with E-state index in [1.165, 1.54) is 41.7 Å². The van der Waals surface area contributed by atoms with Crippen molar-refractivity contribution in [3.8, 4) is 28.3 Å². The number of carbonyl (C=O) groups excluding carboxylic acids is 1. The Bertz CT molecular complexity index is 1800. The standard InChI is InChI=1S/C33H29F6N3O5S/c1-44-30(43)18-8-11-22(25(12-18)32(34,35)36)26-16-48-31(40-26)42-19-9-10-20(42)14-21(13-19)45-15-24-28(41-47-29(24)17-6-7-17)23-4-2-3-5-27(23)46-33(37,38)39/h2-5,8,11-12,16-17,19-21H,6-7,9-10,13-15H2,1H3/t19-,20+,21?. The number of thiazole rings is 1. The van der Waals surface area contributed by atoms with Crippen LogP contribution in [-0.2, 0) is 22.3 Å². The molecule has 3 atom stereocenters. The van der Waals surface area contributed by atoms with Crippen LogP contribution in [0.1, 0.15) is 71.7 Å². The molecular weight excluding hydrogens is 664 g/mol. The van der Waals surface area contributed by atoms with E-state index in [1.807, 2.05) is 0 Å². The van der Waals surface area contributed by atoms with Gasteiger partial charge in [0.05, 0.1) is 36.6 Å². The number of hydrogen-bond acceptors (Lipinski definition) is 9. The second-order valence-corrected chi connectivity index (χ2v) is 13.0. The van der Waals surface area contributed by atoms with Crippen LogP contribution in [0.5, 0.6) is 5.75 Å². The molecule has 7 rings (SSSR count). The lowest BCUT2D eigenvalue weighted by Crippen LogP contribution is -2.45. The highest BCUT2D eigenvalue weighted by Crippen LogP contribution is 2.47. The Hall–Kier alpha value is -4.11. The highest BCUT2D eigenvalue weighted by atomic mass is 32.1. The summed E-state index contributed by atoms with van der Waals surface area (Å²) in [5.41, 5.74) is -0.110. The zero-order valence-corrected chi connectivity index (χ0v) is 26.3. The molecule has 8 nitrogen and oxygen atoms in total. The number of carbonyl (C=O) groups is 1. The topological polar surface area (TPSA) is 86.9 Å². The van der Waals surface area contributed by atoms with Crippen molar-refractivity contribution in [3.05, 3.63) is 70.3 Å². The molecule has 0 amide bonds. The van der Waals surface area contributed by atoms with Crippen LogP contribution < -0.4 is 9.64 Å². The third-order valence-electron chi connectivity index (χ3n) is 9.02. The minimum absolute atomic E-state index is 0.0438. The summed E-state index contributed by atoms with van der Waals surface area (Å²) in [4.78, 5) is 18.7. The third-order valence-corrected chi connectivity index (χ3v) is 9.88. The summed E-state index contributed by atoms with van der Waals surface area (Å²) < 4.78 is 102. The van der Waals surface area contributed by atoms with Gasteiger partial charge in [0, 0.05) is 40.1 Å². The molecule has 1 unspecified atom stereocenters. The normalized spacial score (nSPS) is 21.1. The van der Waals surface area contributed by atoms with Crippen LogP contribution in [0.25, 0.3) is 22.5 Å². The van der Waals surface area contributed by atoms with E-state index in [1.54, 1.807) is 11.4 Å². The number of hydrogen-bond donors (Lipinski definition) is 0. The molecule has 3 fully saturated rings. The number of rotatable bonds is 9. The van der Waals surface area contributed by atoms with E-state index in [4.69, 9.17) is 9.26 Å². The number of nitrogens with zero attached hydrogens (tertiary/aromatic N) is 3. The molecule has 2 aromatic carbocycles. The predicted molar refractivity (Wildman–Crippen MR) is 162 cm³/mol. The number of methoxy groups -OCH3 is 1. The number of fused-ring (bicyclic) bond motifs is 2. The molecule has 48 heavy (non-hydrogen) atoms. The maximum absolute atomic E-state index is 14.0. The molecule has 3 aliphatic rings. The van der Waals surface area contributed by atoms with Gasteiger partial charge in [-0.25, -0.2) is 9.78 Å². The molecule has 0 spiro atoms. The summed E-state index contributed by atoms with van der Waals surface area (Å²) in [5, 5.41) is 6.35. The van der Waals surface area contributed by atoms with Crippen molar-refractivity contribution in [2.75, 3.05) is 12.0 Å². The fourth-order valence-electron chi connectivity index (χ4n) is 6.75. The molecule has 1 saturated carbocycles. The minimum atomic E-state index is -4.88. The molecule has 15 heteroatoms. The Kier molecular flexibility index (Phi) is 8.38. The van der Waals surface area contributed by atoms with Gasteiger partial charge in [-0.05, 0) is 62.8 Å². The monoisotopic (exact) mass is 693 g/mol. The molecule has 0 radical (unpaired) electrons. The Morgan fingerprint density at radius 3 is 2.40 bits per heavy atom. The van der Waals surface area contributed by atoms with Gasteiger partial charge in [0.25, 0.3) is 0 Å². The van der Waals surface area contributed by atoms with Crippen LogP contribution in [-0.4, -0.2) is 47.8 Å². The average molecular weight is 694 g/mol. The summed E-state index contributed by atoms with van der Waals surface area (Å²) in [5.74, 6) is -0.498. The fraction of sp³-hybridized carbons (Fsp3) is 0.424. The van der Waals surface area contributed by atoms with Crippen molar-refractivity contribution in [3.63, 3.8) is 0 Å². The quantitative estimate of drug-likeness (QED) is 0.127. The second-order valence-electron chi connectivity index (χ2n) is 12.2. The summed E-state index contributed by atoms with van der Waals surface area (Å²) in [6.07, 6.45) is -4.99. The zero-order valence-electron chi connectivity index (χ0n) is 25.4. The molecule has 1 aliphatic carbocycles. The van der Waals surface area contributed by atoms with Crippen LogP contribution in [0.3, 0.4) is 0 Å². The van der Waals surface area contributed by atoms with E-state index >= 15 is 0 Å². The number of ether oxygens (including phenoxy) is 3. The maximum Gasteiger partial charge on any atom is 0.573 e. The molecular formula is C33H29F6N3O5S. The van der Waals surface area contributed by atoms with E-state index in [-0.39, 0.29) is 64.5 Å². The Balaban J connectivity index is 1.08. The van der Waals surface area contributed by atoms with Crippen molar-refractivity contribution in [2.24, 2.45) is 0 Å². The van der Waals surface area contributed by atoms with Crippen molar-refractivity contribution in [1.29, 1.82) is 0 Å². The number of alkyl halides is 6. The molecule has 2 bridgehead atoms. The van der Waals surface area contributed by atoms with Crippen molar-refractivity contribution in [1.82, 2.24) is 10.1 Å². The molecule has 0 N–H and O–H groups in total. The first-order valence-corrected chi connectivity index (χ1v) is 16.3. The first-order valence-electron chi connectivity index (χ1n) is 15.4. The first-order chi connectivity index (χ1) is 22.9. The minimum Gasteiger partial charge on any atom is -0.465 e.